The fourth-order valence-electron chi connectivity index (χ4n) is 2.65. The first-order valence-electron chi connectivity index (χ1n) is 7.80. The molecule has 2 aromatic rings. The topological polar surface area (TPSA) is 102 Å². The summed E-state index contributed by atoms with van der Waals surface area (Å²) in [5, 5.41) is 13.4. The number of carbonyl (C=O) groups is 2. The molecule has 2 heterocycles. The van der Waals surface area contributed by atoms with E-state index in [0.29, 0.717) is 5.69 Å². The lowest BCUT2D eigenvalue weighted by Gasteiger charge is -2.32. The summed E-state index contributed by atoms with van der Waals surface area (Å²) in [5.41, 5.74) is 0.955. The normalized spacial score (nSPS) is 17.3. The molecule has 1 aliphatic heterocycles. The van der Waals surface area contributed by atoms with Crippen molar-refractivity contribution < 1.29 is 19.4 Å². The smallest absolute Gasteiger partial charge is 0.328 e. The van der Waals surface area contributed by atoms with Crippen molar-refractivity contribution in [1.29, 1.82) is 0 Å². The fourth-order valence-corrected chi connectivity index (χ4v) is 2.65. The second-order valence-corrected chi connectivity index (χ2v) is 5.60. The van der Waals surface area contributed by atoms with E-state index in [1.165, 1.54) is 11.0 Å². The van der Waals surface area contributed by atoms with E-state index < -0.39 is 23.5 Å². The first kappa shape index (κ1) is 16.8. The second kappa shape index (κ2) is 7.27. The number of morpholine rings is 1. The summed E-state index contributed by atoms with van der Waals surface area (Å²) in [6.07, 6.45) is 0. The number of benzene rings is 1. The van der Waals surface area contributed by atoms with E-state index >= 15 is 0 Å². The van der Waals surface area contributed by atoms with Gasteiger partial charge in [0.1, 0.15) is 6.54 Å². The molecular formula is C17H17N3O5. The number of hydrogen-bond acceptors (Lipinski definition) is 5. The van der Waals surface area contributed by atoms with Gasteiger partial charge >= 0.3 is 5.97 Å². The van der Waals surface area contributed by atoms with Crippen LogP contribution in [-0.4, -0.2) is 57.5 Å². The largest absolute Gasteiger partial charge is 0.480 e. The van der Waals surface area contributed by atoms with Crippen LogP contribution in [0.1, 0.15) is 0 Å². The summed E-state index contributed by atoms with van der Waals surface area (Å²) < 4.78 is 6.17. The summed E-state index contributed by atoms with van der Waals surface area (Å²) in [5.74, 6) is -1.61. The number of aromatic nitrogens is 2. The van der Waals surface area contributed by atoms with E-state index in [0.717, 1.165) is 10.2 Å². The highest BCUT2D eigenvalue weighted by molar-refractivity contribution is 5.83. The highest BCUT2D eigenvalue weighted by Crippen LogP contribution is 2.14. The highest BCUT2D eigenvalue weighted by Gasteiger charge is 2.32. The van der Waals surface area contributed by atoms with Crippen LogP contribution in [0.25, 0.3) is 11.3 Å². The maximum absolute atomic E-state index is 12.5. The van der Waals surface area contributed by atoms with Crippen LogP contribution in [0.2, 0.25) is 0 Å². The Morgan fingerprint density at radius 3 is 2.68 bits per heavy atom. The number of amides is 1. The minimum Gasteiger partial charge on any atom is -0.480 e. The van der Waals surface area contributed by atoms with E-state index in [-0.39, 0.29) is 26.3 Å². The van der Waals surface area contributed by atoms with Crippen molar-refractivity contribution in [3.8, 4) is 11.3 Å². The standard InChI is InChI=1S/C17H17N3O5/c21-15-7-6-13(12-4-2-1-3-5-12)18-20(15)10-16(22)19-8-9-25-11-14(19)17(23)24/h1-7,14H,8-11H2,(H,23,24). The van der Waals surface area contributed by atoms with Gasteiger partial charge in [-0.05, 0) is 6.07 Å². The van der Waals surface area contributed by atoms with Gasteiger partial charge in [-0.15, -0.1) is 0 Å². The molecule has 1 unspecified atom stereocenters. The number of nitrogens with zero attached hydrogens (tertiary/aromatic N) is 3. The van der Waals surface area contributed by atoms with Crippen LogP contribution in [0.5, 0.6) is 0 Å². The number of carbonyl (C=O) groups excluding carboxylic acids is 1. The quantitative estimate of drug-likeness (QED) is 0.852. The molecule has 25 heavy (non-hydrogen) atoms. The average molecular weight is 343 g/mol. The first-order chi connectivity index (χ1) is 12.1. The predicted molar refractivity (Wildman–Crippen MR) is 87.9 cm³/mol. The Morgan fingerprint density at radius 1 is 1.20 bits per heavy atom. The molecule has 1 aliphatic rings. The molecule has 130 valence electrons. The van der Waals surface area contributed by atoms with Gasteiger partial charge in [-0.25, -0.2) is 9.48 Å². The molecule has 1 saturated heterocycles. The highest BCUT2D eigenvalue weighted by atomic mass is 16.5. The molecule has 8 nitrogen and oxygen atoms in total. The third kappa shape index (κ3) is 3.74. The van der Waals surface area contributed by atoms with Gasteiger partial charge in [-0.2, -0.15) is 5.10 Å². The second-order valence-electron chi connectivity index (χ2n) is 5.60. The minimum atomic E-state index is -1.13. The van der Waals surface area contributed by atoms with Gasteiger partial charge in [0.2, 0.25) is 5.91 Å². The fraction of sp³-hybridized carbons (Fsp3) is 0.294. The zero-order valence-electron chi connectivity index (χ0n) is 13.4. The van der Waals surface area contributed by atoms with Crippen molar-refractivity contribution in [3.05, 3.63) is 52.8 Å². The SMILES string of the molecule is O=C(O)C1COCCN1C(=O)Cn1nc(-c2ccccc2)ccc1=O. The minimum absolute atomic E-state index is 0.0620. The van der Waals surface area contributed by atoms with Gasteiger partial charge in [0.15, 0.2) is 6.04 Å². The van der Waals surface area contributed by atoms with Crippen LogP contribution in [0.15, 0.2) is 47.3 Å². The van der Waals surface area contributed by atoms with Crippen LogP contribution in [0.4, 0.5) is 0 Å². The Bertz CT molecular complexity index is 834. The number of rotatable bonds is 4. The molecule has 0 radical (unpaired) electrons. The summed E-state index contributed by atoms with van der Waals surface area (Å²) in [6, 6.07) is 11.2. The number of ether oxygens (including phenoxy) is 1. The molecular weight excluding hydrogens is 326 g/mol. The van der Waals surface area contributed by atoms with Gasteiger partial charge in [0.25, 0.3) is 5.56 Å². The van der Waals surface area contributed by atoms with Crippen LogP contribution in [0, 0.1) is 0 Å². The maximum atomic E-state index is 12.5. The predicted octanol–water partition coefficient (Wildman–Crippen LogP) is 0.222. The summed E-state index contributed by atoms with van der Waals surface area (Å²) in [7, 11) is 0. The van der Waals surface area contributed by atoms with E-state index in [4.69, 9.17) is 4.74 Å². The number of hydrogen-bond donors (Lipinski definition) is 1. The summed E-state index contributed by atoms with van der Waals surface area (Å²) in [6.45, 7) is 0.0571. The molecule has 1 aromatic carbocycles. The monoisotopic (exact) mass is 343 g/mol. The van der Waals surface area contributed by atoms with Crippen molar-refractivity contribution in [2.75, 3.05) is 19.8 Å². The Morgan fingerprint density at radius 2 is 1.96 bits per heavy atom. The zero-order valence-corrected chi connectivity index (χ0v) is 13.4. The lowest BCUT2D eigenvalue weighted by atomic mass is 10.1. The molecule has 1 fully saturated rings. The molecule has 0 spiro atoms. The number of carboxylic acid groups (broad SMARTS) is 1. The van der Waals surface area contributed by atoms with E-state index in [1.54, 1.807) is 6.07 Å². The molecule has 0 saturated carbocycles. The third-order valence-electron chi connectivity index (χ3n) is 3.96. The van der Waals surface area contributed by atoms with Gasteiger partial charge in [0.05, 0.1) is 18.9 Å². The van der Waals surface area contributed by atoms with Crippen LogP contribution in [-0.2, 0) is 20.9 Å². The molecule has 1 atom stereocenters. The third-order valence-corrected chi connectivity index (χ3v) is 3.96. The van der Waals surface area contributed by atoms with E-state index in [1.807, 2.05) is 30.3 Å². The number of aliphatic carboxylic acids is 1. The van der Waals surface area contributed by atoms with Crippen molar-refractivity contribution in [3.63, 3.8) is 0 Å². The van der Waals surface area contributed by atoms with Gasteiger partial charge in [-0.1, -0.05) is 30.3 Å². The van der Waals surface area contributed by atoms with Crippen LogP contribution < -0.4 is 5.56 Å². The van der Waals surface area contributed by atoms with E-state index in [9.17, 15) is 19.5 Å². The molecule has 3 rings (SSSR count). The zero-order chi connectivity index (χ0) is 17.8. The van der Waals surface area contributed by atoms with Gasteiger partial charge in [0, 0.05) is 18.2 Å². The van der Waals surface area contributed by atoms with Crippen molar-refractivity contribution in [2.24, 2.45) is 0 Å². The Kier molecular flexibility index (Phi) is 4.90. The molecule has 8 heteroatoms. The van der Waals surface area contributed by atoms with Crippen molar-refractivity contribution >= 4 is 11.9 Å². The molecule has 1 aromatic heterocycles. The molecule has 1 N–H and O–H groups in total. The molecule has 0 bridgehead atoms. The lowest BCUT2D eigenvalue weighted by Crippen LogP contribution is -2.53. The lowest BCUT2D eigenvalue weighted by molar-refractivity contribution is -0.158. The Labute approximate surface area is 143 Å². The van der Waals surface area contributed by atoms with E-state index in [2.05, 4.69) is 5.10 Å². The van der Waals surface area contributed by atoms with Gasteiger partial charge in [-0.3, -0.25) is 9.59 Å². The van der Waals surface area contributed by atoms with Crippen molar-refractivity contribution in [1.82, 2.24) is 14.7 Å². The molecule has 0 aliphatic carbocycles. The first-order valence-corrected chi connectivity index (χ1v) is 7.80. The van der Waals surface area contributed by atoms with Gasteiger partial charge < -0.3 is 14.7 Å². The number of carboxylic acids is 1. The Balaban J connectivity index is 1.83. The van der Waals surface area contributed by atoms with Crippen LogP contribution in [0.3, 0.4) is 0 Å². The molecule has 1 amide bonds. The Hall–Kier alpha value is -3.00. The summed E-state index contributed by atoms with van der Waals surface area (Å²) >= 11 is 0. The summed E-state index contributed by atoms with van der Waals surface area (Å²) in [4.78, 5) is 37.0. The van der Waals surface area contributed by atoms with Crippen LogP contribution >= 0.6 is 0 Å². The van der Waals surface area contributed by atoms with Crippen molar-refractivity contribution in [2.45, 2.75) is 12.6 Å². The average Bonchev–Trinajstić information content (AvgIpc) is 2.64. The maximum Gasteiger partial charge on any atom is 0.328 e.